The fourth-order valence-electron chi connectivity index (χ4n) is 5.94. The van der Waals surface area contributed by atoms with Crippen LogP contribution < -0.4 is 5.32 Å². The summed E-state index contributed by atoms with van der Waals surface area (Å²) in [7, 11) is 0. The molecule has 2 saturated carbocycles. The smallest absolute Gasteiger partial charge is 0.317 e. The topological polar surface area (TPSA) is 83.7 Å². The van der Waals surface area contributed by atoms with Gasteiger partial charge < -0.3 is 24.4 Å². The number of aromatic nitrogens is 2. The highest BCUT2D eigenvalue weighted by Gasteiger charge is 2.50. The van der Waals surface area contributed by atoms with E-state index in [0.29, 0.717) is 62.3 Å². The SMILES string of the molecule is CC(C)CN1CC[C@H](O[C@H]2CCCC(F)(F)[C@@H]2NC(=O)N2CCC(C)(c3noc(C4CC4)n3)CC2)C1. The molecule has 2 aliphatic heterocycles. The Morgan fingerprint density at radius 1 is 1.17 bits per heavy atom. The number of carbonyl (C=O) groups excluding carboxylic acids is 1. The number of piperidine rings is 1. The summed E-state index contributed by atoms with van der Waals surface area (Å²) in [5.74, 6) is -0.619. The van der Waals surface area contributed by atoms with E-state index in [2.05, 4.69) is 41.1 Å². The second-order valence-electron chi connectivity index (χ2n) is 12.1. The van der Waals surface area contributed by atoms with Crippen LogP contribution in [-0.4, -0.2) is 82.9 Å². The molecular weight excluding hydrogens is 468 g/mol. The average molecular weight is 510 g/mol. The van der Waals surface area contributed by atoms with E-state index in [4.69, 9.17) is 9.26 Å². The molecule has 3 atom stereocenters. The summed E-state index contributed by atoms with van der Waals surface area (Å²) in [4.78, 5) is 21.7. The van der Waals surface area contributed by atoms with Crippen molar-refractivity contribution >= 4 is 6.03 Å². The van der Waals surface area contributed by atoms with Gasteiger partial charge in [0, 0.05) is 50.5 Å². The Balaban J connectivity index is 1.17. The molecule has 0 bridgehead atoms. The Labute approximate surface area is 212 Å². The molecule has 2 aliphatic carbocycles. The van der Waals surface area contributed by atoms with Gasteiger partial charge in [0.2, 0.25) is 5.89 Å². The van der Waals surface area contributed by atoms with Crippen molar-refractivity contribution in [3.8, 4) is 0 Å². The number of hydrogen-bond donors (Lipinski definition) is 1. The summed E-state index contributed by atoms with van der Waals surface area (Å²) in [5, 5.41) is 6.90. The fraction of sp³-hybridized carbons (Fsp3) is 0.885. The van der Waals surface area contributed by atoms with Gasteiger partial charge in [0.05, 0.1) is 12.2 Å². The first-order chi connectivity index (χ1) is 17.1. The van der Waals surface area contributed by atoms with Crippen LogP contribution in [0.25, 0.3) is 0 Å². The second-order valence-corrected chi connectivity index (χ2v) is 12.1. The van der Waals surface area contributed by atoms with Gasteiger partial charge in [0.25, 0.3) is 5.92 Å². The predicted molar refractivity (Wildman–Crippen MR) is 130 cm³/mol. The maximum atomic E-state index is 15.0. The van der Waals surface area contributed by atoms with Crippen molar-refractivity contribution in [1.82, 2.24) is 25.3 Å². The van der Waals surface area contributed by atoms with Gasteiger partial charge in [-0.1, -0.05) is 25.9 Å². The van der Waals surface area contributed by atoms with Gasteiger partial charge in [-0.25, -0.2) is 13.6 Å². The summed E-state index contributed by atoms with van der Waals surface area (Å²) < 4.78 is 41.7. The summed E-state index contributed by atoms with van der Waals surface area (Å²) in [6, 6.07) is -1.73. The molecule has 1 aromatic rings. The quantitative estimate of drug-likeness (QED) is 0.590. The summed E-state index contributed by atoms with van der Waals surface area (Å²) in [6.45, 7) is 10.1. The highest BCUT2D eigenvalue weighted by atomic mass is 19.3. The molecule has 36 heavy (non-hydrogen) atoms. The first-order valence-electron chi connectivity index (χ1n) is 13.8. The summed E-state index contributed by atoms with van der Waals surface area (Å²) in [6.07, 6.45) is 4.37. The van der Waals surface area contributed by atoms with Crippen LogP contribution in [0.15, 0.2) is 4.52 Å². The van der Waals surface area contributed by atoms with Crippen LogP contribution in [0.2, 0.25) is 0 Å². The van der Waals surface area contributed by atoms with Crippen LogP contribution >= 0.6 is 0 Å². The number of ether oxygens (including phenoxy) is 1. The number of alkyl halides is 2. The zero-order chi connectivity index (χ0) is 25.5. The van der Waals surface area contributed by atoms with Crippen LogP contribution in [0.3, 0.4) is 0 Å². The largest absolute Gasteiger partial charge is 0.371 e. The van der Waals surface area contributed by atoms with Gasteiger partial charge in [0.1, 0.15) is 6.04 Å². The Hall–Kier alpha value is -1.81. The Bertz CT molecular complexity index is 913. The number of urea groups is 1. The zero-order valence-corrected chi connectivity index (χ0v) is 21.8. The zero-order valence-electron chi connectivity index (χ0n) is 21.8. The normalized spacial score (nSPS) is 30.6. The number of carbonyl (C=O) groups is 1. The Kier molecular flexibility index (Phi) is 7.29. The van der Waals surface area contributed by atoms with Gasteiger partial charge in [-0.3, -0.25) is 0 Å². The minimum Gasteiger partial charge on any atom is -0.371 e. The molecule has 0 radical (unpaired) electrons. The number of halogens is 2. The van der Waals surface area contributed by atoms with Gasteiger partial charge >= 0.3 is 6.03 Å². The maximum absolute atomic E-state index is 15.0. The summed E-state index contributed by atoms with van der Waals surface area (Å²) >= 11 is 0. The lowest BCUT2D eigenvalue weighted by Gasteiger charge is -2.42. The molecule has 4 fully saturated rings. The molecule has 5 rings (SSSR count). The standard InChI is InChI=1S/C26H41F2N5O3/c1-17(2)15-32-12-8-19(16-32)35-20-5-4-9-26(27,28)21(20)29-24(34)33-13-10-25(3,11-14-33)23-30-22(36-31-23)18-6-7-18/h17-21H,4-16H2,1-3H3,(H,29,34)/t19-,20-,21+/m0/s1. The maximum Gasteiger partial charge on any atom is 0.317 e. The predicted octanol–water partition coefficient (Wildman–Crippen LogP) is 4.31. The molecule has 1 N–H and O–H groups in total. The lowest BCUT2D eigenvalue weighted by molar-refractivity contribution is -0.138. The molecular formula is C26H41F2N5O3. The highest BCUT2D eigenvalue weighted by molar-refractivity contribution is 5.75. The van der Waals surface area contributed by atoms with Crippen LogP contribution in [-0.2, 0) is 10.2 Å². The van der Waals surface area contributed by atoms with Crippen molar-refractivity contribution in [3.63, 3.8) is 0 Å². The number of rotatable bonds is 7. The Morgan fingerprint density at radius 3 is 2.61 bits per heavy atom. The highest BCUT2D eigenvalue weighted by Crippen LogP contribution is 2.41. The molecule has 4 aliphatic rings. The molecule has 0 unspecified atom stereocenters. The van der Waals surface area contributed by atoms with E-state index in [1.807, 2.05) is 0 Å². The molecule has 2 amide bonds. The third-order valence-corrected chi connectivity index (χ3v) is 8.39. The number of hydrogen-bond acceptors (Lipinski definition) is 6. The average Bonchev–Trinajstić information content (AvgIpc) is 3.37. The van der Waals surface area contributed by atoms with Crippen LogP contribution in [0.4, 0.5) is 13.6 Å². The lowest BCUT2D eigenvalue weighted by atomic mass is 9.79. The van der Waals surface area contributed by atoms with Crippen LogP contribution in [0.5, 0.6) is 0 Å². The number of likely N-dealkylation sites (tertiary alicyclic amines) is 2. The fourth-order valence-corrected chi connectivity index (χ4v) is 5.94. The second kappa shape index (κ2) is 10.2. The van der Waals surface area contributed by atoms with E-state index in [9.17, 15) is 4.79 Å². The van der Waals surface area contributed by atoms with Crippen molar-refractivity contribution in [1.29, 1.82) is 0 Å². The third kappa shape index (κ3) is 5.69. The number of amides is 2. The minimum atomic E-state index is -2.98. The van der Waals surface area contributed by atoms with Gasteiger partial charge in [-0.05, 0) is 50.9 Å². The molecule has 202 valence electrons. The first kappa shape index (κ1) is 25.8. The lowest BCUT2D eigenvalue weighted by Crippen LogP contribution is -2.61. The minimum absolute atomic E-state index is 0.0618. The van der Waals surface area contributed by atoms with Crippen LogP contribution in [0.1, 0.15) is 89.8 Å². The monoisotopic (exact) mass is 509 g/mol. The van der Waals surface area contributed by atoms with Crippen molar-refractivity contribution in [2.45, 2.75) is 108 Å². The molecule has 1 aromatic heterocycles. The van der Waals surface area contributed by atoms with Gasteiger partial charge in [-0.15, -0.1) is 0 Å². The molecule has 3 heterocycles. The van der Waals surface area contributed by atoms with Gasteiger partial charge in [0.15, 0.2) is 5.82 Å². The van der Waals surface area contributed by atoms with Crippen molar-refractivity contribution in [3.05, 3.63) is 11.7 Å². The summed E-state index contributed by atoms with van der Waals surface area (Å²) in [5.41, 5.74) is -0.280. The molecule has 2 saturated heterocycles. The van der Waals surface area contributed by atoms with Crippen molar-refractivity contribution < 1.29 is 22.8 Å². The molecule has 0 aromatic carbocycles. The van der Waals surface area contributed by atoms with E-state index in [1.54, 1.807) is 4.90 Å². The number of nitrogens with one attached hydrogen (secondary N) is 1. The van der Waals surface area contributed by atoms with Crippen LogP contribution in [0, 0.1) is 5.92 Å². The van der Waals surface area contributed by atoms with E-state index < -0.39 is 24.1 Å². The van der Waals surface area contributed by atoms with Crippen molar-refractivity contribution in [2.24, 2.45) is 5.92 Å². The molecule has 10 heteroatoms. The molecule has 8 nitrogen and oxygen atoms in total. The first-order valence-corrected chi connectivity index (χ1v) is 13.8. The number of nitrogens with zero attached hydrogens (tertiary/aromatic N) is 4. The van der Waals surface area contributed by atoms with E-state index in [-0.39, 0.29) is 17.9 Å². The van der Waals surface area contributed by atoms with E-state index in [0.717, 1.165) is 38.9 Å². The van der Waals surface area contributed by atoms with E-state index >= 15 is 8.78 Å². The Morgan fingerprint density at radius 2 is 1.92 bits per heavy atom. The third-order valence-electron chi connectivity index (χ3n) is 8.39. The molecule has 0 spiro atoms. The van der Waals surface area contributed by atoms with E-state index in [1.165, 1.54) is 0 Å². The van der Waals surface area contributed by atoms with Crippen molar-refractivity contribution in [2.75, 3.05) is 32.7 Å². The van der Waals surface area contributed by atoms with Gasteiger partial charge in [-0.2, -0.15) is 4.98 Å².